The smallest absolute Gasteiger partial charge is 0.306 e. The second-order valence-electron chi connectivity index (χ2n) is 5.11. The van der Waals surface area contributed by atoms with Gasteiger partial charge < -0.3 is 10.0 Å². The van der Waals surface area contributed by atoms with Crippen molar-refractivity contribution in [1.29, 1.82) is 0 Å². The van der Waals surface area contributed by atoms with E-state index in [0.717, 1.165) is 38.8 Å². The van der Waals surface area contributed by atoms with Crippen molar-refractivity contribution in [2.75, 3.05) is 13.1 Å². The molecule has 0 unspecified atom stereocenters. The number of carbonyl (C=O) groups is 2. The Kier molecular flexibility index (Phi) is 3.17. The number of carbonyl (C=O) groups excluding carboxylic acids is 1. The predicted molar refractivity (Wildman–Crippen MR) is 58.8 cm³/mol. The van der Waals surface area contributed by atoms with Crippen LogP contribution in [0.5, 0.6) is 0 Å². The Hall–Kier alpha value is -1.06. The van der Waals surface area contributed by atoms with Crippen LogP contribution in [0.15, 0.2) is 0 Å². The van der Waals surface area contributed by atoms with Gasteiger partial charge in [0.15, 0.2) is 0 Å². The first kappa shape index (κ1) is 11.4. The standard InChI is InChI=1S/C12H19NO3/c1-8(14)13-4-2-9(3-5-13)10-6-11(7-10)12(15)16/h9-11H,2-7H2,1H3,(H,15,16). The van der Waals surface area contributed by atoms with Crippen LogP contribution in [-0.2, 0) is 9.59 Å². The molecule has 1 amide bonds. The van der Waals surface area contributed by atoms with Crippen LogP contribution in [-0.4, -0.2) is 35.0 Å². The molecule has 2 fully saturated rings. The summed E-state index contributed by atoms with van der Waals surface area (Å²) in [5.41, 5.74) is 0. The molecule has 1 saturated carbocycles. The lowest BCUT2D eigenvalue weighted by Crippen LogP contribution is -2.42. The van der Waals surface area contributed by atoms with Crippen molar-refractivity contribution >= 4 is 11.9 Å². The van der Waals surface area contributed by atoms with Crippen molar-refractivity contribution in [3.8, 4) is 0 Å². The van der Waals surface area contributed by atoms with Gasteiger partial charge in [-0.1, -0.05) is 0 Å². The SMILES string of the molecule is CC(=O)N1CCC(C2CC(C(=O)O)C2)CC1. The minimum absolute atomic E-state index is 0.101. The van der Waals surface area contributed by atoms with Gasteiger partial charge in [0.25, 0.3) is 0 Å². The van der Waals surface area contributed by atoms with Crippen LogP contribution in [0.3, 0.4) is 0 Å². The van der Waals surface area contributed by atoms with Crippen molar-refractivity contribution in [3.05, 3.63) is 0 Å². The van der Waals surface area contributed by atoms with Crippen LogP contribution in [0.2, 0.25) is 0 Å². The molecule has 4 nitrogen and oxygen atoms in total. The monoisotopic (exact) mass is 225 g/mol. The summed E-state index contributed by atoms with van der Waals surface area (Å²) in [4.78, 5) is 23.7. The van der Waals surface area contributed by atoms with Gasteiger partial charge in [-0.15, -0.1) is 0 Å². The molecule has 1 N–H and O–H groups in total. The fourth-order valence-electron chi connectivity index (χ4n) is 2.93. The quantitative estimate of drug-likeness (QED) is 0.772. The zero-order valence-corrected chi connectivity index (χ0v) is 9.69. The number of carboxylic acids is 1. The molecule has 1 heterocycles. The van der Waals surface area contributed by atoms with E-state index in [-0.39, 0.29) is 11.8 Å². The molecule has 0 spiro atoms. The first-order valence-electron chi connectivity index (χ1n) is 6.06. The minimum atomic E-state index is -0.641. The molecule has 0 aromatic carbocycles. The number of carboxylic acid groups (broad SMARTS) is 1. The van der Waals surface area contributed by atoms with E-state index in [1.54, 1.807) is 6.92 Å². The van der Waals surface area contributed by atoms with Gasteiger partial charge in [0.2, 0.25) is 5.91 Å². The Morgan fingerprint density at radius 1 is 1.12 bits per heavy atom. The summed E-state index contributed by atoms with van der Waals surface area (Å²) in [6.45, 7) is 3.33. The summed E-state index contributed by atoms with van der Waals surface area (Å²) in [6, 6.07) is 0. The van der Waals surface area contributed by atoms with Gasteiger partial charge in [0.05, 0.1) is 5.92 Å². The highest BCUT2D eigenvalue weighted by molar-refractivity contribution is 5.73. The number of hydrogen-bond donors (Lipinski definition) is 1. The lowest BCUT2D eigenvalue weighted by molar-refractivity contribution is -0.147. The Bertz CT molecular complexity index is 289. The van der Waals surface area contributed by atoms with E-state index in [1.165, 1.54) is 0 Å². The van der Waals surface area contributed by atoms with Gasteiger partial charge in [0, 0.05) is 20.0 Å². The number of hydrogen-bond acceptors (Lipinski definition) is 2. The third-order valence-electron chi connectivity index (χ3n) is 4.18. The highest BCUT2D eigenvalue weighted by Crippen LogP contribution is 2.42. The van der Waals surface area contributed by atoms with Gasteiger partial charge >= 0.3 is 5.97 Å². The zero-order valence-electron chi connectivity index (χ0n) is 9.69. The molecular formula is C12H19NO3. The number of likely N-dealkylation sites (tertiary alicyclic amines) is 1. The van der Waals surface area contributed by atoms with Gasteiger partial charge in [-0.05, 0) is 37.5 Å². The van der Waals surface area contributed by atoms with Crippen molar-refractivity contribution in [3.63, 3.8) is 0 Å². The summed E-state index contributed by atoms with van der Waals surface area (Å²) in [6.07, 6.45) is 3.80. The topological polar surface area (TPSA) is 57.6 Å². The molecule has 0 bridgehead atoms. The molecule has 2 aliphatic rings. The van der Waals surface area contributed by atoms with Crippen LogP contribution in [0, 0.1) is 17.8 Å². The summed E-state index contributed by atoms with van der Waals surface area (Å²) < 4.78 is 0. The summed E-state index contributed by atoms with van der Waals surface area (Å²) in [5, 5.41) is 8.81. The van der Waals surface area contributed by atoms with E-state index in [2.05, 4.69) is 0 Å². The molecule has 1 saturated heterocycles. The molecular weight excluding hydrogens is 206 g/mol. The molecule has 90 valence electrons. The minimum Gasteiger partial charge on any atom is -0.481 e. The number of aliphatic carboxylic acids is 1. The highest BCUT2D eigenvalue weighted by Gasteiger charge is 2.39. The molecule has 1 aliphatic heterocycles. The summed E-state index contributed by atoms with van der Waals surface area (Å²) in [7, 11) is 0. The largest absolute Gasteiger partial charge is 0.481 e. The van der Waals surface area contributed by atoms with E-state index in [1.807, 2.05) is 4.90 Å². The van der Waals surface area contributed by atoms with Crippen molar-refractivity contribution in [1.82, 2.24) is 4.90 Å². The fourth-order valence-corrected chi connectivity index (χ4v) is 2.93. The van der Waals surface area contributed by atoms with Crippen molar-refractivity contribution in [2.24, 2.45) is 17.8 Å². The average Bonchev–Trinajstić information content (AvgIpc) is 2.15. The molecule has 4 heteroatoms. The number of amides is 1. The number of nitrogens with zero attached hydrogens (tertiary/aromatic N) is 1. The molecule has 0 aromatic rings. The molecule has 0 atom stereocenters. The van der Waals surface area contributed by atoms with Gasteiger partial charge in [-0.3, -0.25) is 9.59 Å². The molecule has 2 rings (SSSR count). The molecule has 0 aromatic heterocycles. The number of piperidine rings is 1. The maximum absolute atomic E-state index is 11.1. The molecule has 1 aliphatic carbocycles. The summed E-state index contributed by atoms with van der Waals surface area (Å²) >= 11 is 0. The van der Waals surface area contributed by atoms with Crippen LogP contribution in [0.1, 0.15) is 32.6 Å². The van der Waals surface area contributed by atoms with Gasteiger partial charge in [0.1, 0.15) is 0 Å². The normalized spacial score (nSPS) is 30.9. The average molecular weight is 225 g/mol. The maximum atomic E-state index is 11.1. The van der Waals surface area contributed by atoms with Crippen molar-refractivity contribution < 1.29 is 14.7 Å². The lowest BCUT2D eigenvalue weighted by Gasteiger charge is -2.42. The third kappa shape index (κ3) is 2.20. The lowest BCUT2D eigenvalue weighted by atomic mass is 9.66. The second-order valence-corrected chi connectivity index (χ2v) is 5.11. The van der Waals surface area contributed by atoms with Crippen LogP contribution in [0.25, 0.3) is 0 Å². The first-order chi connectivity index (χ1) is 7.58. The van der Waals surface area contributed by atoms with E-state index < -0.39 is 5.97 Å². The molecule has 0 radical (unpaired) electrons. The third-order valence-corrected chi connectivity index (χ3v) is 4.18. The van der Waals surface area contributed by atoms with Crippen LogP contribution < -0.4 is 0 Å². The maximum Gasteiger partial charge on any atom is 0.306 e. The van der Waals surface area contributed by atoms with Crippen LogP contribution in [0.4, 0.5) is 0 Å². The van der Waals surface area contributed by atoms with E-state index in [9.17, 15) is 9.59 Å². The first-order valence-corrected chi connectivity index (χ1v) is 6.06. The second kappa shape index (κ2) is 4.44. The van der Waals surface area contributed by atoms with E-state index >= 15 is 0 Å². The van der Waals surface area contributed by atoms with Gasteiger partial charge in [-0.2, -0.15) is 0 Å². The predicted octanol–water partition coefficient (Wildman–Crippen LogP) is 1.36. The van der Waals surface area contributed by atoms with Crippen LogP contribution >= 0.6 is 0 Å². The van der Waals surface area contributed by atoms with E-state index in [0.29, 0.717) is 11.8 Å². The Labute approximate surface area is 95.6 Å². The highest BCUT2D eigenvalue weighted by atomic mass is 16.4. The Balaban J connectivity index is 1.75. The Morgan fingerprint density at radius 3 is 2.12 bits per heavy atom. The summed E-state index contributed by atoms with van der Waals surface area (Å²) in [5.74, 6) is 0.658. The van der Waals surface area contributed by atoms with Gasteiger partial charge in [-0.25, -0.2) is 0 Å². The van der Waals surface area contributed by atoms with Crippen molar-refractivity contribution in [2.45, 2.75) is 32.6 Å². The van der Waals surface area contributed by atoms with E-state index in [4.69, 9.17) is 5.11 Å². The number of rotatable bonds is 2. The Morgan fingerprint density at radius 2 is 1.69 bits per heavy atom. The fraction of sp³-hybridized carbons (Fsp3) is 0.833. The molecule has 16 heavy (non-hydrogen) atoms. The zero-order chi connectivity index (χ0) is 11.7.